The number of fused-ring (bicyclic) bond motifs is 1. The van der Waals surface area contributed by atoms with Crippen LogP contribution in [-0.2, 0) is 5.54 Å². The summed E-state index contributed by atoms with van der Waals surface area (Å²) in [6.07, 6.45) is 1.73. The third-order valence-electron chi connectivity index (χ3n) is 7.09. The van der Waals surface area contributed by atoms with E-state index in [2.05, 4.69) is 5.10 Å². The van der Waals surface area contributed by atoms with E-state index in [0.29, 0.717) is 33.5 Å². The molecule has 0 unspecified atom stereocenters. The summed E-state index contributed by atoms with van der Waals surface area (Å²) in [6.45, 7) is 3.96. The Bertz CT molecular complexity index is 1660. The highest BCUT2D eigenvalue weighted by molar-refractivity contribution is 6.10. The van der Waals surface area contributed by atoms with Crippen LogP contribution in [0.5, 0.6) is 0 Å². The third-order valence-corrected chi connectivity index (χ3v) is 7.09. The molecule has 0 radical (unpaired) electrons. The molecule has 0 bridgehead atoms. The lowest BCUT2D eigenvalue weighted by Crippen LogP contribution is -2.43. The molecular weight excluding hydrogens is 479 g/mol. The van der Waals surface area contributed by atoms with Crippen LogP contribution < -0.4 is 5.73 Å². The zero-order valence-corrected chi connectivity index (χ0v) is 21.4. The predicted molar refractivity (Wildman–Crippen MR) is 146 cm³/mol. The van der Waals surface area contributed by atoms with Crippen LogP contribution in [-0.4, -0.2) is 33.4 Å². The minimum atomic E-state index is -0.634. The van der Waals surface area contributed by atoms with E-state index in [1.807, 2.05) is 44.2 Å². The average molecular weight is 507 g/mol. The van der Waals surface area contributed by atoms with Gasteiger partial charge in [0.15, 0.2) is 0 Å². The van der Waals surface area contributed by atoms with Gasteiger partial charge in [0.2, 0.25) is 0 Å². The largest absolute Gasteiger partial charge is 0.365 e. The van der Waals surface area contributed by atoms with Gasteiger partial charge in [0.25, 0.3) is 11.8 Å². The van der Waals surface area contributed by atoms with E-state index >= 15 is 0 Å². The molecule has 0 aliphatic rings. The van der Waals surface area contributed by atoms with Gasteiger partial charge in [-0.3, -0.25) is 9.59 Å². The molecule has 2 N–H and O–H groups in total. The lowest BCUT2D eigenvalue weighted by molar-refractivity contribution is 0.0623. The zero-order chi connectivity index (χ0) is 27.0. The molecule has 0 aliphatic carbocycles. The third kappa shape index (κ3) is 4.22. The Morgan fingerprint density at radius 2 is 1.58 bits per heavy atom. The Morgan fingerprint density at radius 3 is 2.26 bits per heavy atom. The van der Waals surface area contributed by atoms with Crippen molar-refractivity contribution in [2.45, 2.75) is 19.4 Å². The Morgan fingerprint density at radius 1 is 0.895 bits per heavy atom. The molecule has 2 amide bonds. The zero-order valence-electron chi connectivity index (χ0n) is 21.4. The van der Waals surface area contributed by atoms with Crippen LogP contribution in [0.15, 0.2) is 97.2 Å². The normalized spacial score (nSPS) is 11.5. The van der Waals surface area contributed by atoms with Gasteiger partial charge in [0.05, 0.1) is 16.6 Å². The first kappa shape index (κ1) is 24.9. The van der Waals surface area contributed by atoms with Crippen molar-refractivity contribution in [2.75, 3.05) is 7.05 Å². The highest BCUT2D eigenvalue weighted by atomic mass is 19.1. The van der Waals surface area contributed by atoms with Gasteiger partial charge < -0.3 is 10.6 Å². The molecule has 0 aliphatic heterocycles. The van der Waals surface area contributed by atoms with Crippen LogP contribution in [0.4, 0.5) is 4.39 Å². The van der Waals surface area contributed by atoms with Crippen molar-refractivity contribution in [2.24, 2.45) is 5.73 Å². The lowest BCUT2D eigenvalue weighted by atomic mass is 9.88. The van der Waals surface area contributed by atoms with Gasteiger partial charge in [-0.15, -0.1) is 0 Å². The van der Waals surface area contributed by atoms with Crippen LogP contribution in [0, 0.1) is 5.82 Å². The second-order valence-corrected chi connectivity index (χ2v) is 9.64. The number of hydrogen-bond donors (Lipinski definition) is 1. The van der Waals surface area contributed by atoms with Crippen molar-refractivity contribution in [1.29, 1.82) is 0 Å². The van der Waals surface area contributed by atoms with Crippen molar-refractivity contribution in [3.05, 3.63) is 120 Å². The summed E-state index contributed by atoms with van der Waals surface area (Å²) >= 11 is 0. The molecule has 0 saturated heterocycles. The van der Waals surface area contributed by atoms with Gasteiger partial charge in [-0.2, -0.15) is 5.10 Å². The molecule has 2 heterocycles. The van der Waals surface area contributed by atoms with E-state index in [1.54, 1.807) is 71.2 Å². The molecule has 5 rings (SSSR count). The fourth-order valence-corrected chi connectivity index (χ4v) is 4.76. The highest BCUT2D eigenvalue weighted by Gasteiger charge is 2.32. The maximum absolute atomic E-state index is 14.1. The molecule has 2 aromatic heterocycles. The lowest BCUT2D eigenvalue weighted by Gasteiger charge is -2.37. The number of nitrogens with two attached hydrogens (primary N) is 1. The number of primary amides is 1. The topological polar surface area (TPSA) is 80.7 Å². The Balaban J connectivity index is 1.75. The Kier molecular flexibility index (Phi) is 6.28. The maximum Gasteiger partial charge on any atom is 0.254 e. The summed E-state index contributed by atoms with van der Waals surface area (Å²) in [5.74, 6) is -1.26. The van der Waals surface area contributed by atoms with Gasteiger partial charge in [-0.25, -0.2) is 8.91 Å². The smallest absolute Gasteiger partial charge is 0.254 e. The van der Waals surface area contributed by atoms with Crippen LogP contribution in [0.3, 0.4) is 0 Å². The monoisotopic (exact) mass is 506 g/mol. The van der Waals surface area contributed by atoms with Crippen molar-refractivity contribution in [3.63, 3.8) is 0 Å². The molecule has 0 spiro atoms. The molecule has 190 valence electrons. The molecule has 0 atom stereocenters. The van der Waals surface area contributed by atoms with Gasteiger partial charge in [-0.05, 0) is 55.3 Å². The molecule has 0 saturated carbocycles. The minimum Gasteiger partial charge on any atom is -0.365 e. The molecule has 7 heteroatoms. The highest BCUT2D eigenvalue weighted by Crippen LogP contribution is 2.39. The summed E-state index contributed by atoms with van der Waals surface area (Å²) in [4.78, 5) is 28.4. The minimum absolute atomic E-state index is 0.232. The SMILES string of the molecule is CN(C(=O)c1cccc(-c2nn3ccccc3c2C(N)=O)c1-c1ccc(F)cc1)C(C)(C)c1ccccc1. The molecule has 6 nitrogen and oxygen atoms in total. The quantitative estimate of drug-likeness (QED) is 0.311. The standard InChI is InChI=1S/C31H27FN4O2/c1-31(2,21-10-5-4-6-11-21)35(3)30(38)24-13-9-12-23(26(24)20-15-17-22(32)18-16-20)28-27(29(33)37)25-14-7-8-19-36(25)34-28/h4-19H,1-3H3,(H2,33,37). The molecular formula is C31H27FN4O2. The van der Waals surface area contributed by atoms with E-state index in [0.717, 1.165) is 5.56 Å². The number of nitrogens with zero attached hydrogens (tertiary/aromatic N) is 3. The first-order chi connectivity index (χ1) is 18.2. The van der Waals surface area contributed by atoms with E-state index < -0.39 is 17.3 Å². The maximum atomic E-state index is 14.1. The summed E-state index contributed by atoms with van der Waals surface area (Å²) in [5, 5.41) is 4.67. The fraction of sp³-hybridized carbons (Fsp3) is 0.129. The number of carbonyl (C=O) groups excluding carboxylic acids is 2. The molecule has 5 aromatic rings. The fourth-order valence-electron chi connectivity index (χ4n) is 4.76. The van der Waals surface area contributed by atoms with Crippen LogP contribution in [0.2, 0.25) is 0 Å². The van der Waals surface area contributed by atoms with Gasteiger partial charge in [0, 0.05) is 29.9 Å². The van der Waals surface area contributed by atoms with Gasteiger partial charge >= 0.3 is 0 Å². The average Bonchev–Trinajstić information content (AvgIpc) is 3.32. The Labute approximate surface area is 220 Å². The van der Waals surface area contributed by atoms with Crippen LogP contribution >= 0.6 is 0 Å². The second kappa shape index (κ2) is 9.59. The number of aromatic nitrogens is 2. The van der Waals surface area contributed by atoms with Crippen molar-refractivity contribution < 1.29 is 14.0 Å². The molecule has 3 aromatic carbocycles. The van der Waals surface area contributed by atoms with Crippen LogP contribution in [0.25, 0.3) is 27.9 Å². The second-order valence-electron chi connectivity index (χ2n) is 9.64. The number of amides is 2. The molecule has 0 fully saturated rings. The number of carbonyl (C=O) groups is 2. The first-order valence-corrected chi connectivity index (χ1v) is 12.2. The van der Waals surface area contributed by atoms with E-state index in [9.17, 15) is 14.0 Å². The number of hydrogen-bond acceptors (Lipinski definition) is 3. The van der Waals surface area contributed by atoms with E-state index in [1.165, 1.54) is 12.1 Å². The van der Waals surface area contributed by atoms with Gasteiger partial charge in [-0.1, -0.05) is 60.7 Å². The number of halogens is 1. The summed E-state index contributed by atoms with van der Waals surface area (Å²) in [7, 11) is 1.76. The van der Waals surface area contributed by atoms with Gasteiger partial charge in [0.1, 0.15) is 11.5 Å². The molecule has 38 heavy (non-hydrogen) atoms. The number of rotatable bonds is 6. The summed E-state index contributed by atoms with van der Waals surface area (Å²) in [5.41, 5.74) is 9.42. The number of pyridine rings is 1. The first-order valence-electron chi connectivity index (χ1n) is 12.2. The summed E-state index contributed by atoms with van der Waals surface area (Å²) < 4.78 is 15.5. The Hall–Kier alpha value is -4.78. The van der Waals surface area contributed by atoms with Crippen molar-refractivity contribution in [3.8, 4) is 22.4 Å². The number of benzene rings is 3. The van der Waals surface area contributed by atoms with E-state index in [4.69, 9.17) is 5.73 Å². The summed E-state index contributed by atoms with van der Waals surface area (Å²) in [6, 6.07) is 26.4. The van der Waals surface area contributed by atoms with Crippen molar-refractivity contribution in [1.82, 2.24) is 14.5 Å². The van der Waals surface area contributed by atoms with Crippen molar-refractivity contribution >= 4 is 17.3 Å². The van der Waals surface area contributed by atoms with Crippen LogP contribution in [0.1, 0.15) is 40.1 Å². The predicted octanol–water partition coefficient (Wildman–Crippen LogP) is 5.91. The van der Waals surface area contributed by atoms with E-state index in [-0.39, 0.29) is 11.5 Å².